The van der Waals surface area contributed by atoms with E-state index < -0.39 is 0 Å². The topological polar surface area (TPSA) is 41.6 Å². The lowest BCUT2D eigenvalue weighted by molar-refractivity contribution is 0.102. The van der Waals surface area contributed by atoms with Crippen LogP contribution in [0.5, 0.6) is 0 Å². The first-order valence-electron chi connectivity index (χ1n) is 8.09. The van der Waals surface area contributed by atoms with Crippen LogP contribution >= 0.6 is 0 Å². The number of ether oxygens (including phenoxy) is 1. The van der Waals surface area contributed by atoms with Crippen LogP contribution in [-0.2, 0) is 11.2 Å². The molecule has 0 radical (unpaired) electrons. The first-order chi connectivity index (χ1) is 11.3. The first kappa shape index (κ1) is 15.6. The van der Waals surface area contributed by atoms with E-state index in [1.165, 1.54) is 11.3 Å². The number of nitrogens with zero attached hydrogens (tertiary/aromatic N) is 1. The molecule has 120 valence electrons. The van der Waals surface area contributed by atoms with Gasteiger partial charge in [0.1, 0.15) is 0 Å². The number of anilines is 2. The van der Waals surface area contributed by atoms with Crippen LogP contribution in [0.1, 0.15) is 22.8 Å². The maximum absolute atomic E-state index is 12.3. The molecule has 23 heavy (non-hydrogen) atoms. The van der Waals surface area contributed by atoms with Gasteiger partial charge >= 0.3 is 0 Å². The zero-order valence-corrected chi connectivity index (χ0v) is 13.4. The number of hydrogen-bond donors (Lipinski definition) is 1. The first-order valence-corrected chi connectivity index (χ1v) is 8.09. The largest absolute Gasteiger partial charge is 0.378 e. The van der Waals surface area contributed by atoms with Gasteiger partial charge in [0.05, 0.1) is 13.2 Å². The third-order valence-electron chi connectivity index (χ3n) is 4.13. The van der Waals surface area contributed by atoms with Crippen molar-refractivity contribution >= 4 is 17.3 Å². The number of aryl methyl sites for hydroxylation is 1. The molecular formula is C19H22N2O2. The number of morpholine rings is 1. The highest BCUT2D eigenvalue weighted by Gasteiger charge is 2.11. The molecule has 1 aliphatic heterocycles. The maximum atomic E-state index is 12.3. The van der Waals surface area contributed by atoms with Crippen LogP contribution in [0.4, 0.5) is 11.4 Å². The molecule has 1 heterocycles. The minimum atomic E-state index is -0.0771. The average molecular weight is 310 g/mol. The lowest BCUT2D eigenvalue weighted by atomic mass is 10.1. The number of benzene rings is 2. The quantitative estimate of drug-likeness (QED) is 0.942. The molecule has 3 rings (SSSR count). The minimum Gasteiger partial charge on any atom is -0.378 e. The molecular weight excluding hydrogens is 288 g/mol. The van der Waals surface area contributed by atoms with Crippen molar-refractivity contribution in [2.45, 2.75) is 13.3 Å². The second-order valence-corrected chi connectivity index (χ2v) is 5.65. The van der Waals surface area contributed by atoms with E-state index in [9.17, 15) is 4.79 Å². The number of carbonyl (C=O) groups is 1. The van der Waals surface area contributed by atoms with Gasteiger partial charge in [-0.05, 0) is 48.4 Å². The van der Waals surface area contributed by atoms with Crippen LogP contribution in [0.2, 0.25) is 0 Å². The third-order valence-corrected chi connectivity index (χ3v) is 4.13. The molecule has 0 aliphatic carbocycles. The van der Waals surface area contributed by atoms with Gasteiger partial charge in [-0.15, -0.1) is 0 Å². The molecule has 0 unspecified atom stereocenters. The summed E-state index contributed by atoms with van der Waals surface area (Å²) < 4.78 is 5.36. The van der Waals surface area contributed by atoms with Crippen LogP contribution in [0.15, 0.2) is 48.5 Å². The number of rotatable bonds is 4. The fourth-order valence-corrected chi connectivity index (χ4v) is 2.67. The molecule has 0 aromatic heterocycles. The van der Waals surface area contributed by atoms with Crippen molar-refractivity contribution in [3.63, 3.8) is 0 Å². The normalized spacial score (nSPS) is 14.6. The summed E-state index contributed by atoms with van der Waals surface area (Å²) in [6, 6.07) is 15.7. The van der Waals surface area contributed by atoms with Crippen LogP contribution in [-0.4, -0.2) is 32.2 Å². The number of nitrogens with one attached hydrogen (secondary N) is 1. The van der Waals surface area contributed by atoms with E-state index in [4.69, 9.17) is 4.74 Å². The zero-order chi connectivity index (χ0) is 16.1. The summed E-state index contributed by atoms with van der Waals surface area (Å²) in [5.41, 5.74) is 3.89. The van der Waals surface area contributed by atoms with Gasteiger partial charge in [0.25, 0.3) is 5.91 Å². The predicted molar refractivity (Wildman–Crippen MR) is 93.2 cm³/mol. The number of hydrogen-bond acceptors (Lipinski definition) is 3. The Morgan fingerprint density at radius 2 is 1.70 bits per heavy atom. The molecule has 1 fully saturated rings. The fourth-order valence-electron chi connectivity index (χ4n) is 2.67. The Morgan fingerprint density at radius 3 is 2.30 bits per heavy atom. The van der Waals surface area contributed by atoms with Crippen LogP contribution in [0.3, 0.4) is 0 Å². The summed E-state index contributed by atoms with van der Waals surface area (Å²) >= 11 is 0. The van der Waals surface area contributed by atoms with Gasteiger partial charge in [-0.2, -0.15) is 0 Å². The maximum Gasteiger partial charge on any atom is 0.255 e. The Balaban J connectivity index is 1.63. The summed E-state index contributed by atoms with van der Waals surface area (Å²) in [5, 5.41) is 2.94. The molecule has 4 nitrogen and oxygen atoms in total. The van der Waals surface area contributed by atoms with E-state index in [1.807, 2.05) is 48.5 Å². The molecule has 0 spiro atoms. The van der Waals surface area contributed by atoms with Crippen molar-refractivity contribution in [1.29, 1.82) is 0 Å². The molecule has 1 aliphatic rings. The van der Waals surface area contributed by atoms with Crippen LogP contribution in [0.25, 0.3) is 0 Å². The zero-order valence-electron chi connectivity index (χ0n) is 13.4. The van der Waals surface area contributed by atoms with Crippen molar-refractivity contribution < 1.29 is 9.53 Å². The highest BCUT2D eigenvalue weighted by molar-refractivity contribution is 6.04. The van der Waals surface area contributed by atoms with Gasteiger partial charge < -0.3 is 15.0 Å². The second kappa shape index (κ2) is 7.29. The van der Waals surface area contributed by atoms with E-state index in [0.717, 1.165) is 38.4 Å². The Labute approximate surface area is 137 Å². The van der Waals surface area contributed by atoms with Gasteiger partial charge in [-0.3, -0.25) is 4.79 Å². The van der Waals surface area contributed by atoms with Crippen LogP contribution < -0.4 is 10.2 Å². The van der Waals surface area contributed by atoms with Crippen molar-refractivity contribution in [3.8, 4) is 0 Å². The van der Waals surface area contributed by atoms with Crippen molar-refractivity contribution in [2.75, 3.05) is 36.5 Å². The Hall–Kier alpha value is -2.33. The summed E-state index contributed by atoms with van der Waals surface area (Å²) in [5.74, 6) is -0.0771. The molecule has 2 aromatic rings. The Morgan fingerprint density at radius 1 is 1.04 bits per heavy atom. The fraction of sp³-hybridized carbons (Fsp3) is 0.316. The van der Waals surface area contributed by atoms with E-state index in [0.29, 0.717) is 5.56 Å². The Bertz CT molecular complexity index is 644. The van der Waals surface area contributed by atoms with Crippen molar-refractivity contribution in [3.05, 3.63) is 59.7 Å². The van der Waals surface area contributed by atoms with Crippen LogP contribution in [0, 0.1) is 0 Å². The average Bonchev–Trinajstić information content (AvgIpc) is 2.63. The molecule has 1 amide bonds. The van der Waals surface area contributed by atoms with Gasteiger partial charge in [-0.25, -0.2) is 0 Å². The van der Waals surface area contributed by atoms with E-state index in [2.05, 4.69) is 17.1 Å². The molecule has 0 atom stereocenters. The van der Waals surface area contributed by atoms with Gasteiger partial charge in [0, 0.05) is 30.0 Å². The van der Waals surface area contributed by atoms with Gasteiger partial charge in [-0.1, -0.05) is 19.1 Å². The summed E-state index contributed by atoms with van der Waals surface area (Å²) in [4.78, 5) is 14.6. The molecule has 4 heteroatoms. The van der Waals surface area contributed by atoms with Gasteiger partial charge in [0.2, 0.25) is 0 Å². The van der Waals surface area contributed by atoms with E-state index in [-0.39, 0.29) is 5.91 Å². The molecule has 1 N–H and O–H groups in total. The van der Waals surface area contributed by atoms with E-state index >= 15 is 0 Å². The Kier molecular flexibility index (Phi) is 4.93. The summed E-state index contributed by atoms with van der Waals surface area (Å²) in [6.07, 6.45) is 0.977. The van der Waals surface area contributed by atoms with E-state index in [1.54, 1.807) is 0 Å². The summed E-state index contributed by atoms with van der Waals surface area (Å²) in [7, 11) is 0. The highest BCUT2D eigenvalue weighted by Crippen LogP contribution is 2.19. The number of carbonyl (C=O) groups excluding carboxylic acids is 1. The number of amides is 1. The monoisotopic (exact) mass is 310 g/mol. The van der Waals surface area contributed by atoms with Crippen molar-refractivity contribution in [2.24, 2.45) is 0 Å². The third kappa shape index (κ3) is 3.90. The SMILES string of the molecule is CCc1ccc(C(=O)Nc2ccc(N3CCOCC3)cc2)cc1. The molecule has 1 saturated heterocycles. The second-order valence-electron chi connectivity index (χ2n) is 5.65. The lowest BCUT2D eigenvalue weighted by Crippen LogP contribution is -2.36. The van der Waals surface area contributed by atoms with Gasteiger partial charge in [0.15, 0.2) is 0 Å². The molecule has 0 saturated carbocycles. The standard InChI is InChI=1S/C19H22N2O2/c1-2-15-3-5-16(6-4-15)19(22)20-17-7-9-18(10-8-17)21-11-13-23-14-12-21/h3-10H,2,11-14H2,1H3,(H,20,22). The smallest absolute Gasteiger partial charge is 0.255 e. The highest BCUT2D eigenvalue weighted by atomic mass is 16.5. The summed E-state index contributed by atoms with van der Waals surface area (Å²) in [6.45, 7) is 5.47. The van der Waals surface area contributed by atoms with Crippen molar-refractivity contribution in [1.82, 2.24) is 0 Å². The minimum absolute atomic E-state index is 0.0771. The lowest BCUT2D eigenvalue weighted by Gasteiger charge is -2.28. The predicted octanol–water partition coefficient (Wildman–Crippen LogP) is 3.34. The molecule has 2 aromatic carbocycles. The molecule has 0 bridgehead atoms.